The molecule has 6 atom stereocenters. The predicted octanol–water partition coefficient (Wildman–Crippen LogP) is 6.39. The van der Waals surface area contributed by atoms with Gasteiger partial charge < -0.3 is 10.2 Å². The average Bonchev–Trinajstić information content (AvgIpc) is 3.03. The largest absolute Gasteiger partial charge is 0.389 e. The van der Waals surface area contributed by atoms with Crippen LogP contribution in [0, 0.1) is 29.1 Å². The Bertz CT molecular complexity index is 1170. The van der Waals surface area contributed by atoms with Gasteiger partial charge in [-0.2, -0.15) is 0 Å². The quantitative estimate of drug-likeness (QED) is 0.476. The summed E-state index contributed by atoms with van der Waals surface area (Å²) in [5.74, 6) is 7.26. The summed E-state index contributed by atoms with van der Waals surface area (Å²) in [6.07, 6.45) is 7.36. The number of unbranched alkanes of at least 4 members (excludes halogenated alkanes) is 1. The maximum atomic E-state index is 12.3. The van der Waals surface area contributed by atoms with Gasteiger partial charge in [0.2, 0.25) is 0 Å². The summed E-state index contributed by atoms with van der Waals surface area (Å²) in [4.78, 5) is 12.3. The summed E-state index contributed by atoms with van der Waals surface area (Å²) in [6, 6.07) is 9.06. The molecule has 0 heterocycles. The Balaban J connectivity index is 1.66. The third-order valence-corrected chi connectivity index (χ3v) is 9.79. The molecular weight excluding hydrogens is 444 g/mol. The Labute approximate surface area is 217 Å². The highest BCUT2D eigenvalue weighted by molar-refractivity contribution is 5.93. The normalized spacial score (nSPS) is 35.9. The van der Waals surface area contributed by atoms with Crippen LogP contribution in [0.25, 0.3) is 0 Å². The fourth-order valence-electron chi connectivity index (χ4n) is 7.74. The number of hydrogen-bond donors (Lipinski definition) is 2. The van der Waals surface area contributed by atoms with Crippen molar-refractivity contribution in [2.45, 2.75) is 109 Å². The molecule has 2 fully saturated rings. The third-order valence-electron chi connectivity index (χ3n) is 9.79. The van der Waals surface area contributed by atoms with Gasteiger partial charge in [0.1, 0.15) is 0 Å². The first-order chi connectivity index (χ1) is 17.0. The molecule has 3 heteroatoms. The lowest BCUT2D eigenvalue weighted by Gasteiger charge is -2.53. The molecule has 1 aromatic carbocycles. The zero-order chi connectivity index (χ0) is 25.9. The van der Waals surface area contributed by atoms with Crippen LogP contribution in [-0.2, 0) is 10.2 Å². The standard InChI is InChI=1S/C33H42O3/c1-6-7-8-17-33(36)29(35)19-28-26-15-11-22-18-24(34)14-16-25(22)30(26)27(20-32(28,33)5)21-9-12-23(13-10-21)31(2,3)4/h9-10,12-13,18,26-29,35-36H,6-7,11,14-16,19-20H2,1-5H3/t26-,27?,28-,29?,32-,33?/m0/s1. The van der Waals surface area contributed by atoms with Gasteiger partial charge in [-0.05, 0) is 84.1 Å². The number of aliphatic hydroxyl groups excluding tert-OH is 1. The molecule has 0 bridgehead atoms. The summed E-state index contributed by atoms with van der Waals surface area (Å²) in [5.41, 5.74) is 4.87. The van der Waals surface area contributed by atoms with Crippen LogP contribution in [0.3, 0.4) is 0 Å². The molecule has 2 saturated carbocycles. The summed E-state index contributed by atoms with van der Waals surface area (Å²) in [5, 5.41) is 23.3. The van der Waals surface area contributed by atoms with E-state index >= 15 is 0 Å². The molecule has 1 aromatic rings. The van der Waals surface area contributed by atoms with Crippen LogP contribution in [0.5, 0.6) is 0 Å². The van der Waals surface area contributed by atoms with E-state index in [1.807, 2.05) is 6.08 Å². The molecule has 0 spiro atoms. The molecule has 2 N–H and O–H groups in total. The number of benzene rings is 1. The Morgan fingerprint density at radius 2 is 1.83 bits per heavy atom. The number of carbonyl (C=O) groups excluding carboxylic acids is 1. The van der Waals surface area contributed by atoms with Gasteiger partial charge in [-0.25, -0.2) is 0 Å². The summed E-state index contributed by atoms with van der Waals surface area (Å²) in [7, 11) is 0. The third kappa shape index (κ3) is 3.93. The topological polar surface area (TPSA) is 57.5 Å². The molecule has 0 saturated heterocycles. The van der Waals surface area contributed by atoms with E-state index in [-0.39, 0.29) is 23.0 Å². The van der Waals surface area contributed by atoms with Crippen LogP contribution in [0.15, 0.2) is 47.1 Å². The van der Waals surface area contributed by atoms with Crippen LogP contribution in [0.4, 0.5) is 0 Å². The van der Waals surface area contributed by atoms with Crippen molar-refractivity contribution in [3.05, 3.63) is 58.2 Å². The van der Waals surface area contributed by atoms with E-state index in [0.717, 1.165) is 38.5 Å². The van der Waals surface area contributed by atoms with Gasteiger partial charge in [0.15, 0.2) is 11.4 Å². The molecule has 0 amide bonds. The second-order valence-corrected chi connectivity index (χ2v) is 12.9. The van der Waals surface area contributed by atoms with Crippen molar-refractivity contribution in [1.82, 2.24) is 0 Å². The molecule has 3 nitrogen and oxygen atoms in total. The molecule has 3 unspecified atom stereocenters. The fraction of sp³-hybridized carbons (Fsp3) is 0.606. The number of ketones is 1. The minimum absolute atomic E-state index is 0.0851. The van der Waals surface area contributed by atoms with Crippen LogP contribution < -0.4 is 0 Å². The molecule has 0 radical (unpaired) electrons. The minimum atomic E-state index is -1.40. The lowest BCUT2D eigenvalue weighted by molar-refractivity contribution is -0.114. The summed E-state index contributed by atoms with van der Waals surface area (Å²) < 4.78 is 0. The highest BCUT2D eigenvalue weighted by Gasteiger charge is 2.66. The van der Waals surface area contributed by atoms with E-state index in [2.05, 4.69) is 70.7 Å². The maximum absolute atomic E-state index is 12.3. The second-order valence-electron chi connectivity index (χ2n) is 12.9. The fourth-order valence-corrected chi connectivity index (χ4v) is 7.74. The van der Waals surface area contributed by atoms with Crippen LogP contribution in [-0.4, -0.2) is 27.7 Å². The van der Waals surface area contributed by atoms with Gasteiger partial charge in [-0.1, -0.05) is 70.4 Å². The number of hydrogen-bond acceptors (Lipinski definition) is 3. The van der Waals surface area contributed by atoms with Crippen molar-refractivity contribution in [1.29, 1.82) is 0 Å². The Kier molecular flexibility index (Phi) is 6.37. The molecule has 192 valence electrons. The maximum Gasteiger partial charge on any atom is 0.156 e. The van der Waals surface area contributed by atoms with E-state index in [4.69, 9.17) is 0 Å². The Hall–Kier alpha value is -2.15. The van der Waals surface area contributed by atoms with Crippen LogP contribution in [0.1, 0.15) is 103 Å². The lowest BCUT2D eigenvalue weighted by Crippen LogP contribution is -2.54. The zero-order valence-electron chi connectivity index (χ0n) is 22.7. The van der Waals surface area contributed by atoms with Crippen molar-refractivity contribution in [2.75, 3.05) is 0 Å². The van der Waals surface area contributed by atoms with Crippen molar-refractivity contribution in [2.24, 2.45) is 17.3 Å². The van der Waals surface area contributed by atoms with Gasteiger partial charge in [-0.15, -0.1) is 5.92 Å². The van der Waals surface area contributed by atoms with Crippen LogP contribution in [0.2, 0.25) is 0 Å². The monoisotopic (exact) mass is 486 g/mol. The Morgan fingerprint density at radius 3 is 2.50 bits per heavy atom. The summed E-state index contributed by atoms with van der Waals surface area (Å²) in [6.45, 7) is 11.0. The SMILES string of the molecule is CCCC#CC1(O)C(O)C[C@H]2[C@@H]3CCC4=CC(=O)CCC4=C3C(c3ccc(C(C)(C)C)cc3)C[C@@]21C. The van der Waals surface area contributed by atoms with Gasteiger partial charge in [0.25, 0.3) is 0 Å². The molecule has 36 heavy (non-hydrogen) atoms. The lowest BCUT2D eigenvalue weighted by atomic mass is 9.51. The second kappa shape index (κ2) is 9.00. The number of rotatable bonds is 2. The Morgan fingerprint density at radius 1 is 1.11 bits per heavy atom. The number of allylic oxidation sites excluding steroid dienone is 4. The van der Waals surface area contributed by atoms with Gasteiger partial charge in [0, 0.05) is 24.2 Å². The first-order valence-corrected chi connectivity index (χ1v) is 14.0. The minimum Gasteiger partial charge on any atom is -0.389 e. The van der Waals surface area contributed by atoms with Gasteiger partial charge >= 0.3 is 0 Å². The van der Waals surface area contributed by atoms with E-state index in [0.29, 0.717) is 18.8 Å². The number of fused-ring (bicyclic) bond motifs is 4. The molecule has 4 aliphatic rings. The van der Waals surface area contributed by atoms with E-state index in [9.17, 15) is 15.0 Å². The highest BCUT2D eigenvalue weighted by Crippen LogP contribution is 2.66. The van der Waals surface area contributed by atoms with Crippen molar-refractivity contribution in [3.63, 3.8) is 0 Å². The predicted molar refractivity (Wildman–Crippen MR) is 144 cm³/mol. The van der Waals surface area contributed by atoms with Gasteiger partial charge in [-0.3, -0.25) is 4.79 Å². The summed E-state index contributed by atoms with van der Waals surface area (Å²) >= 11 is 0. The van der Waals surface area contributed by atoms with Crippen LogP contribution >= 0.6 is 0 Å². The van der Waals surface area contributed by atoms with E-state index in [1.54, 1.807) is 0 Å². The van der Waals surface area contributed by atoms with Crippen molar-refractivity contribution in [3.8, 4) is 11.8 Å². The van der Waals surface area contributed by atoms with E-state index < -0.39 is 17.1 Å². The zero-order valence-corrected chi connectivity index (χ0v) is 22.7. The first kappa shape index (κ1) is 25.5. The van der Waals surface area contributed by atoms with E-state index in [1.165, 1.54) is 27.8 Å². The molecule has 0 aliphatic heterocycles. The molecule has 0 aromatic heterocycles. The molecular formula is C33H42O3. The molecule has 4 aliphatic carbocycles. The number of aliphatic hydroxyl groups is 2. The first-order valence-electron chi connectivity index (χ1n) is 14.0. The highest BCUT2D eigenvalue weighted by atomic mass is 16.3. The van der Waals surface area contributed by atoms with Crippen molar-refractivity contribution >= 4 is 5.78 Å². The molecule has 5 rings (SSSR count). The van der Waals surface area contributed by atoms with Gasteiger partial charge in [0.05, 0.1) is 6.10 Å². The smallest absolute Gasteiger partial charge is 0.156 e. The average molecular weight is 487 g/mol. The van der Waals surface area contributed by atoms with Crippen molar-refractivity contribution < 1.29 is 15.0 Å². The number of carbonyl (C=O) groups is 1.